The SMILES string of the molecule is N#Cc1ccc(OC[C@@H]2CC(c3ccc(C#N)c(C(F)(F)F)c3)[C@H](C(F)(F)F)N2)cc1. The first kappa shape index (κ1) is 22.4. The summed E-state index contributed by atoms with van der Waals surface area (Å²) >= 11 is 0. The van der Waals surface area contributed by atoms with Crippen LogP contribution < -0.4 is 10.1 Å². The molecule has 0 aliphatic carbocycles. The van der Waals surface area contributed by atoms with Crippen molar-refractivity contribution in [2.45, 2.75) is 36.8 Å². The van der Waals surface area contributed by atoms with E-state index in [1.807, 2.05) is 6.07 Å². The highest BCUT2D eigenvalue weighted by molar-refractivity contribution is 5.44. The van der Waals surface area contributed by atoms with Gasteiger partial charge in [-0.15, -0.1) is 0 Å². The number of alkyl halides is 6. The van der Waals surface area contributed by atoms with Crippen LogP contribution in [-0.4, -0.2) is 24.9 Å². The van der Waals surface area contributed by atoms with Crippen molar-refractivity contribution in [2.24, 2.45) is 0 Å². The maximum atomic E-state index is 13.6. The van der Waals surface area contributed by atoms with Crippen molar-refractivity contribution in [2.75, 3.05) is 6.61 Å². The molecule has 4 nitrogen and oxygen atoms in total. The van der Waals surface area contributed by atoms with Gasteiger partial charge >= 0.3 is 12.4 Å². The number of ether oxygens (including phenoxy) is 1. The molecule has 3 rings (SSSR count). The summed E-state index contributed by atoms with van der Waals surface area (Å²) in [6, 6.07) is 9.16. The number of nitrogens with one attached hydrogen (secondary N) is 1. The average Bonchev–Trinajstić information content (AvgIpc) is 3.16. The highest BCUT2D eigenvalue weighted by atomic mass is 19.4. The zero-order valence-corrected chi connectivity index (χ0v) is 15.8. The van der Waals surface area contributed by atoms with Gasteiger partial charge in [-0.2, -0.15) is 36.9 Å². The van der Waals surface area contributed by atoms with Crippen molar-refractivity contribution in [1.29, 1.82) is 10.5 Å². The minimum Gasteiger partial charge on any atom is -0.492 e. The van der Waals surface area contributed by atoms with E-state index in [0.29, 0.717) is 17.4 Å². The first-order chi connectivity index (χ1) is 14.5. The van der Waals surface area contributed by atoms with Crippen LogP contribution in [0.25, 0.3) is 0 Å². The van der Waals surface area contributed by atoms with Crippen LogP contribution in [0.1, 0.15) is 34.6 Å². The van der Waals surface area contributed by atoms with Crippen molar-refractivity contribution in [3.8, 4) is 17.9 Å². The maximum absolute atomic E-state index is 13.6. The van der Waals surface area contributed by atoms with Crippen LogP contribution >= 0.6 is 0 Å². The quantitative estimate of drug-likeness (QED) is 0.688. The minimum atomic E-state index is -4.86. The molecule has 1 fully saturated rings. The number of hydrogen-bond acceptors (Lipinski definition) is 4. The zero-order valence-electron chi connectivity index (χ0n) is 15.8. The van der Waals surface area contributed by atoms with E-state index in [1.165, 1.54) is 30.3 Å². The van der Waals surface area contributed by atoms with Crippen LogP contribution in [-0.2, 0) is 6.18 Å². The predicted molar refractivity (Wildman–Crippen MR) is 96.9 cm³/mol. The van der Waals surface area contributed by atoms with E-state index in [0.717, 1.165) is 12.1 Å². The van der Waals surface area contributed by atoms with Gasteiger partial charge in [0.15, 0.2) is 0 Å². The van der Waals surface area contributed by atoms with E-state index >= 15 is 0 Å². The second-order valence-corrected chi connectivity index (χ2v) is 7.09. The van der Waals surface area contributed by atoms with Gasteiger partial charge < -0.3 is 4.74 Å². The molecule has 0 saturated carbocycles. The van der Waals surface area contributed by atoms with Crippen molar-refractivity contribution >= 4 is 0 Å². The molecule has 0 amide bonds. The number of rotatable bonds is 4. The molecule has 2 aromatic carbocycles. The molecule has 1 aliphatic heterocycles. The molecule has 3 atom stereocenters. The van der Waals surface area contributed by atoms with Gasteiger partial charge in [-0.05, 0) is 48.4 Å². The highest BCUT2D eigenvalue weighted by Gasteiger charge is 2.51. The molecule has 0 aromatic heterocycles. The van der Waals surface area contributed by atoms with Crippen LogP contribution in [0, 0.1) is 22.7 Å². The Morgan fingerprint density at radius 1 is 0.968 bits per heavy atom. The van der Waals surface area contributed by atoms with Gasteiger partial charge in [0.2, 0.25) is 0 Å². The number of benzene rings is 2. The molecule has 31 heavy (non-hydrogen) atoms. The van der Waals surface area contributed by atoms with Crippen molar-refractivity contribution in [1.82, 2.24) is 5.32 Å². The molecule has 0 bridgehead atoms. The molecule has 10 heteroatoms. The van der Waals surface area contributed by atoms with E-state index in [-0.39, 0.29) is 18.6 Å². The number of hydrogen-bond donors (Lipinski definition) is 1. The van der Waals surface area contributed by atoms with Crippen molar-refractivity contribution < 1.29 is 31.1 Å². The number of halogens is 6. The fourth-order valence-corrected chi connectivity index (χ4v) is 3.60. The van der Waals surface area contributed by atoms with Crippen molar-refractivity contribution in [3.05, 3.63) is 64.7 Å². The summed E-state index contributed by atoms with van der Waals surface area (Å²) in [7, 11) is 0. The maximum Gasteiger partial charge on any atom is 0.417 e. The lowest BCUT2D eigenvalue weighted by Gasteiger charge is -2.23. The van der Waals surface area contributed by atoms with E-state index in [4.69, 9.17) is 15.3 Å². The second kappa shape index (κ2) is 8.48. The molecule has 1 heterocycles. The molecular formula is C21H15F6N3O. The average molecular weight is 439 g/mol. The summed E-state index contributed by atoms with van der Waals surface area (Å²) in [5.41, 5.74) is -1.66. The first-order valence-electron chi connectivity index (χ1n) is 9.10. The normalized spacial score (nSPS) is 21.4. The van der Waals surface area contributed by atoms with Gasteiger partial charge in [-0.1, -0.05) is 6.07 Å². The van der Waals surface area contributed by atoms with Crippen LogP contribution in [0.15, 0.2) is 42.5 Å². The van der Waals surface area contributed by atoms with E-state index in [2.05, 4.69) is 5.32 Å². The molecule has 1 saturated heterocycles. The monoisotopic (exact) mass is 439 g/mol. The van der Waals surface area contributed by atoms with Crippen LogP contribution in [0.2, 0.25) is 0 Å². The summed E-state index contributed by atoms with van der Waals surface area (Å²) in [6.07, 6.45) is -9.66. The van der Waals surface area contributed by atoms with Crippen LogP contribution in [0.3, 0.4) is 0 Å². The summed E-state index contributed by atoms with van der Waals surface area (Å²) < 4.78 is 86.0. The Bertz CT molecular complexity index is 1020. The molecule has 2 aromatic rings. The van der Waals surface area contributed by atoms with Gasteiger partial charge in [0.1, 0.15) is 18.4 Å². The van der Waals surface area contributed by atoms with Crippen LogP contribution in [0.5, 0.6) is 5.75 Å². The fraction of sp³-hybridized carbons (Fsp3) is 0.333. The van der Waals surface area contributed by atoms with Gasteiger partial charge in [0, 0.05) is 12.0 Å². The van der Waals surface area contributed by atoms with Gasteiger partial charge in [0.05, 0.1) is 28.8 Å². The summed E-state index contributed by atoms with van der Waals surface area (Å²) in [4.78, 5) is 0. The molecule has 1 unspecified atom stereocenters. The Labute approximate surface area is 173 Å². The number of nitriles is 2. The van der Waals surface area contributed by atoms with E-state index < -0.39 is 41.5 Å². The van der Waals surface area contributed by atoms with Gasteiger partial charge in [-0.25, -0.2) is 0 Å². The first-order valence-corrected chi connectivity index (χ1v) is 9.10. The fourth-order valence-electron chi connectivity index (χ4n) is 3.60. The van der Waals surface area contributed by atoms with E-state index in [1.54, 1.807) is 0 Å². The van der Waals surface area contributed by atoms with Gasteiger partial charge in [0.25, 0.3) is 0 Å². The Hall–Kier alpha value is -3.24. The Kier molecular flexibility index (Phi) is 6.14. The third-order valence-electron chi connectivity index (χ3n) is 5.04. The predicted octanol–water partition coefficient (Wildman–Crippen LogP) is 4.90. The third-order valence-corrected chi connectivity index (χ3v) is 5.04. The molecule has 0 spiro atoms. The smallest absolute Gasteiger partial charge is 0.417 e. The topological polar surface area (TPSA) is 68.8 Å². The summed E-state index contributed by atoms with van der Waals surface area (Å²) in [6.45, 7) is -0.141. The summed E-state index contributed by atoms with van der Waals surface area (Å²) in [5.74, 6) is -0.922. The Balaban J connectivity index is 1.82. The Morgan fingerprint density at radius 3 is 2.19 bits per heavy atom. The lowest BCUT2D eigenvalue weighted by Crippen LogP contribution is -2.44. The van der Waals surface area contributed by atoms with Crippen molar-refractivity contribution in [3.63, 3.8) is 0 Å². The molecule has 162 valence electrons. The molecule has 0 radical (unpaired) electrons. The molecular weight excluding hydrogens is 424 g/mol. The van der Waals surface area contributed by atoms with E-state index in [9.17, 15) is 26.3 Å². The molecule has 1 aliphatic rings. The minimum absolute atomic E-state index is 0.107. The highest BCUT2D eigenvalue weighted by Crippen LogP contribution is 2.42. The standard InChI is InChI=1S/C21H15F6N3O/c22-20(23,24)18-7-13(3-4-14(18)10-29)17-8-15(30-19(17)21(25,26)27)11-31-16-5-1-12(9-28)2-6-16/h1-7,15,17,19,30H,8,11H2/t15-,17?,19+/m0/s1. The molecule has 1 N–H and O–H groups in total. The second-order valence-electron chi connectivity index (χ2n) is 7.09. The Morgan fingerprint density at radius 2 is 1.65 bits per heavy atom. The summed E-state index contributed by atoms with van der Waals surface area (Å²) in [5, 5.41) is 20.1. The lowest BCUT2D eigenvalue weighted by molar-refractivity contribution is -0.156. The largest absolute Gasteiger partial charge is 0.492 e. The number of nitrogens with zero attached hydrogens (tertiary/aromatic N) is 2. The zero-order chi connectivity index (χ0) is 22.8. The lowest BCUT2D eigenvalue weighted by atomic mass is 9.88. The van der Waals surface area contributed by atoms with Gasteiger partial charge in [-0.3, -0.25) is 5.32 Å². The third kappa shape index (κ3) is 5.09. The van der Waals surface area contributed by atoms with Crippen LogP contribution in [0.4, 0.5) is 26.3 Å².